The van der Waals surface area contributed by atoms with Crippen molar-refractivity contribution in [2.24, 2.45) is 5.41 Å². The van der Waals surface area contributed by atoms with Crippen LogP contribution in [0.5, 0.6) is 0 Å². The zero-order chi connectivity index (χ0) is 15.4. The molecule has 1 rings (SSSR count). The van der Waals surface area contributed by atoms with Gasteiger partial charge in [-0.3, -0.25) is 0 Å². The summed E-state index contributed by atoms with van der Waals surface area (Å²) >= 11 is 5.91. The SMILES string of the molecule is CC(C)(C#N)CCCCS(=O)(=O)c1cc(N)ccc1Cl. The zero-order valence-electron chi connectivity index (χ0n) is 11.7. The highest BCUT2D eigenvalue weighted by atomic mass is 35.5. The van der Waals surface area contributed by atoms with E-state index in [1.165, 1.54) is 12.1 Å². The van der Waals surface area contributed by atoms with E-state index in [0.717, 1.165) is 0 Å². The molecule has 0 atom stereocenters. The number of benzene rings is 1. The molecule has 0 amide bonds. The Labute approximate surface area is 125 Å². The summed E-state index contributed by atoms with van der Waals surface area (Å²) in [7, 11) is -3.43. The second-order valence-corrected chi connectivity index (χ2v) is 7.95. The summed E-state index contributed by atoms with van der Waals surface area (Å²) in [5.74, 6) is 0.0116. The Hall–Kier alpha value is -1.25. The third kappa shape index (κ3) is 4.69. The van der Waals surface area contributed by atoms with Crippen LogP contribution in [0.25, 0.3) is 0 Å². The summed E-state index contributed by atoms with van der Waals surface area (Å²) in [6, 6.07) is 6.64. The quantitative estimate of drug-likeness (QED) is 0.644. The van der Waals surface area contributed by atoms with Gasteiger partial charge in [-0.2, -0.15) is 5.26 Å². The summed E-state index contributed by atoms with van der Waals surface area (Å²) in [5, 5.41) is 9.09. The molecule has 110 valence electrons. The molecule has 0 aliphatic rings. The molecule has 2 N–H and O–H groups in total. The Bertz CT molecular complexity index is 619. The van der Waals surface area contributed by atoms with Crippen LogP contribution < -0.4 is 5.73 Å². The molecule has 0 bridgehead atoms. The minimum Gasteiger partial charge on any atom is -0.399 e. The van der Waals surface area contributed by atoms with Gasteiger partial charge in [-0.25, -0.2) is 8.42 Å². The third-order valence-electron chi connectivity index (χ3n) is 3.06. The lowest BCUT2D eigenvalue weighted by molar-refractivity contribution is 0.431. The van der Waals surface area contributed by atoms with Crippen LogP contribution in [0.3, 0.4) is 0 Å². The molecule has 0 unspecified atom stereocenters. The lowest BCUT2D eigenvalue weighted by Crippen LogP contribution is -2.11. The molecule has 0 spiro atoms. The van der Waals surface area contributed by atoms with E-state index in [9.17, 15) is 8.42 Å². The van der Waals surface area contributed by atoms with Crippen LogP contribution >= 0.6 is 11.6 Å². The van der Waals surface area contributed by atoms with E-state index in [-0.39, 0.29) is 15.7 Å². The van der Waals surface area contributed by atoms with E-state index >= 15 is 0 Å². The molecular formula is C14H19ClN2O2S. The molecule has 0 heterocycles. The third-order valence-corrected chi connectivity index (χ3v) is 5.33. The Balaban J connectivity index is 2.68. The number of hydrogen-bond acceptors (Lipinski definition) is 4. The Morgan fingerprint density at radius 1 is 1.35 bits per heavy atom. The van der Waals surface area contributed by atoms with Crippen LogP contribution in [-0.2, 0) is 9.84 Å². The average molecular weight is 315 g/mol. The monoisotopic (exact) mass is 314 g/mol. The number of halogens is 1. The first-order valence-electron chi connectivity index (χ1n) is 6.37. The maximum absolute atomic E-state index is 12.2. The summed E-state index contributed by atoms with van der Waals surface area (Å²) in [4.78, 5) is 0.0821. The van der Waals surface area contributed by atoms with Crippen LogP contribution in [0.15, 0.2) is 23.1 Å². The van der Waals surface area contributed by atoms with E-state index < -0.39 is 15.3 Å². The van der Waals surface area contributed by atoms with Gasteiger partial charge in [-0.1, -0.05) is 18.0 Å². The fourth-order valence-electron chi connectivity index (χ4n) is 1.78. The number of nitrogens with zero attached hydrogens (tertiary/aromatic N) is 1. The van der Waals surface area contributed by atoms with Crippen molar-refractivity contribution in [3.63, 3.8) is 0 Å². The van der Waals surface area contributed by atoms with Crippen molar-refractivity contribution in [1.29, 1.82) is 5.26 Å². The second kappa shape index (κ2) is 6.47. The van der Waals surface area contributed by atoms with Crippen LogP contribution in [-0.4, -0.2) is 14.2 Å². The smallest absolute Gasteiger partial charge is 0.179 e. The Kier molecular flexibility index (Phi) is 5.43. The van der Waals surface area contributed by atoms with Gasteiger partial charge in [0, 0.05) is 5.69 Å². The first-order valence-corrected chi connectivity index (χ1v) is 8.40. The van der Waals surface area contributed by atoms with Crippen molar-refractivity contribution in [2.45, 2.75) is 38.0 Å². The van der Waals surface area contributed by atoms with Crippen molar-refractivity contribution < 1.29 is 8.42 Å². The largest absolute Gasteiger partial charge is 0.399 e. The fraction of sp³-hybridized carbons (Fsp3) is 0.500. The molecule has 20 heavy (non-hydrogen) atoms. The van der Waals surface area contributed by atoms with Gasteiger partial charge in [-0.05, 0) is 44.9 Å². The highest BCUT2D eigenvalue weighted by molar-refractivity contribution is 7.91. The van der Waals surface area contributed by atoms with Crippen molar-refractivity contribution in [3.05, 3.63) is 23.2 Å². The number of nitrogen functional groups attached to an aromatic ring is 1. The highest BCUT2D eigenvalue weighted by Crippen LogP contribution is 2.26. The molecule has 0 saturated carbocycles. The maximum atomic E-state index is 12.2. The molecule has 6 heteroatoms. The lowest BCUT2D eigenvalue weighted by atomic mass is 9.89. The van der Waals surface area contributed by atoms with Gasteiger partial charge in [0.05, 0.1) is 27.2 Å². The number of nitrogens with two attached hydrogens (primary N) is 1. The van der Waals surface area contributed by atoms with Crippen molar-refractivity contribution in [3.8, 4) is 6.07 Å². The number of sulfone groups is 1. The van der Waals surface area contributed by atoms with Gasteiger partial charge < -0.3 is 5.73 Å². The molecule has 0 fully saturated rings. The van der Waals surface area contributed by atoms with E-state index in [0.29, 0.717) is 24.9 Å². The first kappa shape index (κ1) is 16.8. The topological polar surface area (TPSA) is 84.0 Å². The predicted molar refractivity (Wildman–Crippen MR) is 81.2 cm³/mol. The number of anilines is 1. The van der Waals surface area contributed by atoms with E-state index in [2.05, 4.69) is 6.07 Å². The van der Waals surface area contributed by atoms with Crippen molar-refractivity contribution in [2.75, 3.05) is 11.5 Å². The summed E-state index contributed by atoms with van der Waals surface area (Å²) < 4.78 is 24.4. The van der Waals surface area contributed by atoms with Gasteiger partial charge in [0.15, 0.2) is 9.84 Å². The van der Waals surface area contributed by atoms with Crippen LogP contribution in [0.4, 0.5) is 5.69 Å². The van der Waals surface area contributed by atoms with Crippen molar-refractivity contribution in [1.82, 2.24) is 0 Å². The average Bonchev–Trinajstić information content (AvgIpc) is 2.37. The van der Waals surface area contributed by atoms with Crippen molar-refractivity contribution >= 4 is 27.1 Å². The van der Waals surface area contributed by atoms with Gasteiger partial charge in [-0.15, -0.1) is 0 Å². The molecule has 4 nitrogen and oxygen atoms in total. The molecule has 0 radical (unpaired) electrons. The second-order valence-electron chi connectivity index (χ2n) is 5.46. The number of hydrogen-bond donors (Lipinski definition) is 1. The number of nitriles is 1. The summed E-state index contributed by atoms with van der Waals surface area (Å²) in [6.07, 6.45) is 1.85. The Morgan fingerprint density at radius 2 is 2.00 bits per heavy atom. The summed E-state index contributed by atoms with van der Waals surface area (Å²) in [5.41, 5.74) is 5.55. The molecule has 0 aromatic heterocycles. The van der Waals surface area contributed by atoms with Gasteiger partial charge in [0.25, 0.3) is 0 Å². The minimum atomic E-state index is -3.43. The van der Waals surface area contributed by atoms with Crippen LogP contribution in [0.2, 0.25) is 5.02 Å². The molecule has 0 aliphatic heterocycles. The zero-order valence-corrected chi connectivity index (χ0v) is 13.3. The number of rotatable bonds is 6. The van der Waals surface area contributed by atoms with Gasteiger partial charge in [0.1, 0.15) is 0 Å². The van der Waals surface area contributed by atoms with E-state index in [1.54, 1.807) is 6.07 Å². The van der Waals surface area contributed by atoms with Crippen LogP contribution in [0, 0.1) is 16.7 Å². The van der Waals surface area contributed by atoms with Crippen LogP contribution in [0.1, 0.15) is 33.1 Å². The fourth-order valence-corrected chi connectivity index (χ4v) is 3.74. The molecule has 1 aromatic carbocycles. The minimum absolute atomic E-state index is 0.0116. The maximum Gasteiger partial charge on any atom is 0.179 e. The standard InChI is InChI=1S/C14H19ClN2O2S/c1-14(2,10-16)7-3-4-8-20(18,19)13-9-11(17)5-6-12(13)15/h5-6,9H,3-4,7-8,17H2,1-2H3. The normalized spacial score (nSPS) is 12.1. The number of unbranched alkanes of at least 4 members (excludes halogenated alkanes) is 1. The highest BCUT2D eigenvalue weighted by Gasteiger charge is 2.20. The summed E-state index contributed by atoms with van der Waals surface area (Å²) in [6.45, 7) is 3.69. The van der Waals surface area contributed by atoms with E-state index in [4.69, 9.17) is 22.6 Å². The predicted octanol–water partition coefficient (Wildman–Crippen LogP) is 3.42. The first-order chi connectivity index (χ1) is 9.18. The lowest BCUT2D eigenvalue weighted by Gasteiger charge is -2.14. The molecule has 1 aromatic rings. The molecule has 0 saturated heterocycles. The molecule has 0 aliphatic carbocycles. The van der Waals surface area contributed by atoms with Gasteiger partial charge in [0.2, 0.25) is 0 Å². The Morgan fingerprint density at radius 3 is 2.60 bits per heavy atom. The van der Waals surface area contributed by atoms with E-state index in [1.807, 2.05) is 13.8 Å². The molecular weight excluding hydrogens is 296 g/mol. The van der Waals surface area contributed by atoms with Gasteiger partial charge >= 0.3 is 0 Å².